The van der Waals surface area contributed by atoms with E-state index in [1.807, 2.05) is 11.9 Å². The van der Waals surface area contributed by atoms with Crippen LogP contribution in [0.1, 0.15) is 44.9 Å². The van der Waals surface area contributed by atoms with Crippen molar-refractivity contribution >= 4 is 5.91 Å². The molecule has 0 unspecified atom stereocenters. The van der Waals surface area contributed by atoms with Gasteiger partial charge in [-0.25, -0.2) is 0 Å². The lowest BCUT2D eigenvalue weighted by Crippen LogP contribution is -2.43. The Bertz CT molecular complexity index is 290. The van der Waals surface area contributed by atoms with Gasteiger partial charge >= 0.3 is 0 Å². The number of amides is 1. The van der Waals surface area contributed by atoms with E-state index >= 15 is 0 Å². The molecule has 1 saturated heterocycles. The van der Waals surface area contributed by atoms with E-state index in [1.54, 1.807) is 0 Å². The molecule has 1 saturated carbocycles. The van der Waals surface area contributed by atoms with Gasteiger partial charge in [-0.1, -0.05) is 19.3 Å². The first-order valence-corrected chi connectivity index (χ1v) is 7.79. The second kappa shape index (κ2) is 7.25. The van der Waals surface area contributed by atoms with E-state index in [2.05, 4.69) is 4.90 Å². The largest absolute Gasteiger partial charge is 0.395 e. The van der Waals surface area contributed by atoms with Gasteiger partial charge in [0.2, 0.25) is 5.91 Å². The summed E-state index contributed by atoms with van der Waals surface area (Å²) in [5.74, 6) is 0.917. The Morgan fingerprint density at radius 1 is 1.21 bits per heavy atom. The van der Waals surface area contributed by atoms with Gasteiger partial charge in [0.25, 0.3) is 0 Å². The standard InChI is InChI=1S/C15H28N2O2/c1-16(10-13-6-3-2-4-7-13)15(19)11-17-9-5-8-14(17)12-18/h13-14,18H,2-12H2,1H3/t14-/m1/s1. The van der Waals surface area contributed by atoms with Gasteiger partial charge in [-0.15, -0.1) is 0 Å². The minimum atomic E-state index is 0.180. The molecule has 0 aromatic carbocycles. The molecule has 0 radical (unpaired) electrons. The number of hydrogen-bond acceptors (Lipinski definition) is 3. The molecule has 1 N–H and O–H groups in total. The molecule has 110 valence electrons. The van der Waals surface area contributed by atoms with Gasteiger partial charge in [0.05, 0.1) is 13.2 Å². The third kappa shape index (κ3) is 4.18. The van der Waals surface area contributed by atoms with E-state index in [0.29, 0.717) is 12.5 Å². The molecular weight excluding hydrogens is 240 g/mol. The summed E-state index contributed by atoms with van der Waals surface area (Å²) in [6, 6.07) is 0.201. The van der Waals surface area contributed by atoms with Crippen LogP contribution in [0.25, 0.3) is 0 Å². The van der Waals surface area contributed by atoms with Gasteiger partial charge in [-0.2, -0.15) is 0 Å². The van der Waals surface area contributed by atoms with Crippen molar-refractivity contribution in [3.8, 4) is 0 Å². The van der Waals surface area contributed by atoms with E-state index in [1.165, 1.54) is 32.1 Å². The second-order valence-corrected chi connectivity index (χ2v) is 6.23. The normalized spacial score (nSPS) is 25.7. The molecule has 0 spiro atoms. The maximum atomic E-state index is 12.2. The fourth-order valence-electron chi connectivity index (χ4n) is 3.46. The highest BCUT2D eigenvalue weighted by Gasteiger charge is 2.27. The van der Waals surface area contributed by atoms with Crippen LogP contribution in [0.3, 0.4) is 0 Å². The molecule has 0 aromatic heterocycles. The summed E-state index contributed by atoms with van der Waals surface area (Å²) in [4.78, 5) is 16.3. The van der Waals surface area contributed by atoms with E-state index in [9.17, 15) is 9.90 Å². The van der Waals surface area contributed by atoms with Gasteiger partial charge in [0.1, 0.15) is 0 Å². The fraction of sp³-hybridized carbons (Fsp3) is 0.933. The average Bonchev–Trinajstić information content (AvgIpc) is 2.87. The molecule has 1 aliphatic carbocycles. The highest BCUT2D eigenvalue weighted by Crippen LogP contribution is 2.24. The Morgan fingerprint density at radius 2 is 1.95 bits per heavy atom. The third-order valence-electron chi connectivity index (χ3n) is 4.73. The lowest BCUT2D eigenvalue weighted by Gasteiger charge is -2.29. The van der Waals surface area contributed by atoms with Crippen LogP contribution < -0.4 is 0 Å². The zero-order chi connectivity index (χ0) is 13.7. The quantitative estimate of drug-likeness (QED) is 0.821. The molecular formula is C15H28N2O2. The van der Waals surface area contributed by atoms with Crippen LogP contribution in [0.2, 0.25) is 0 Å². The van der Waals surface area contributed by atoms with Crippen molar-refractivity contribution in [2.45, 2.75) is 51.0 Å². The first kappa shape index (κ1) is 14.8. The van der Waals surface area contributed by atoms with Crippen LogP contribution in [0.15, 0.2) is 0 Å². The number of aliphatic hydroxyl groups excluding tert-OH is 1. The zero-order valence-electron chi connectivity index (χ0n) is 12.2. The first-order chi connectivity index (χ1) is 9.20. The lowest BCUT2D eigenvalue weighted by molar-refractivity contribution is -0.132. The van der Waals surface area contributed by atoms with Crippen molar-refractivity contribution in [1.29, 1.82) is 0 Å². The minimum absolute atomic E-state index is 0.180. The van der Waals surface area contributed by atoms with Crippen LogP contribution >= 0.6 is 0 Å². The Kier molecular flexibility index (Phi) is 5.64. The van der Waals surface area contributed by atoms with Gasteiger partial charge in [0, 0.05) is 19.6 Å². The smallest absolute Gasteiger partial charge is 0.236 e. The highest BCUT2D eigenvalue weighted by atomic mass is 16.3. The number of likely N-dealkylation sites (tertiary alicyclic amines) is 1. The minimum Gasteiger partial charge on any atom is -0.395 e. The number of hydrogen-bond donors (Lipinski definition) is 1. The van der Waals surface area contributed by atoms with E-state index in [4.69, 9.17) is 0 Å². The molecule has 19 heavy (non-hydrogen) atoms. The molecule has 2 aliphatic rings. The van der Waals surface area contributed by atoms with Crippen molar-refractivity contribution in [3.63, 3.8) is 0 Å². The molecule has 0 bridgehead atoms. The van der Waals surface area contributed by atoms with Gasteiger partial charge in [0.15, 0.2) is 0 Å². The Labute approximate surface area is 116 Å². The molecule has 1 amide bonds. The number of nitrogens with zero attached hydrogens (tertiary/aromatic N) is 2. The molecule has 4 heteroatoms. The van der Waals surface area contributed by atoms with Crippen LogP contribution in [0.5, 0.6) is 0 Å². The van der Waals surface area contributed by atoms with Crippen molar-refractivity contribution < 1.29 is 9.90 Å². The first-order valence-electron chi connectivity index (χ1n) is 7.79. The highest BCUT2D eigenvalue weighted by molar-refractivity contribution is 5.78. The predicted molar refractivity (Wildman–Crippen MR) is 75.9 cm³/mol. The van der Waals surface area contributed by atoms with E-state index in [0.717, 1.165) is 25.9 Å². The predicted octanol–water partition coefficient (Wildman–Crippen LogP) is 1.48. The Balaban J connectivity index is 1.75. The molecule has 2 fully saturated rings. The number of carbonyl (C=O) groups is 1. The summed E-state index contributed by atoms with van der Waals surface area (Å²) < 4.78 is 0. The summed E-state index contributed by atoms with van der Waals surface area (Å²) >= 11 is 0. The summed E-state index contributed by atoms with van der Waals surface area (Å²) in [6.45, 7) is 2.53. The molecule has 2 rings (SSSR count). The van der Waals surface area contributed by atoms with Gasteiger partial charge in [-0.3, -0.25) is 9.69 Å². The maximum absolute atomic E-state index is 12.2. The molecule has 0 aromatic rings. The molecule has 1 heterocycles. The number of likely N-dealkylation sites (N-methyl/N-ethyl adjacent to an activating group) is 1. The number of aliphatic hydroxyl groups is 1. The molecule has 1 atom stereocenters. The van der Waals surface area contributed by atoms with Crippen molar-refractivity contribution in [3.05, 3.63) is 0 Å². The van der Waals surface area contributed by atoms with Gasteiger partial charge in [-0.05, 0) is 38.1 Å². The molecule has 4 nitrogen and oxygen atoms in total. The van der Waals surface area contributed by atoms with E-state index < -0.39 is 0 Å². The zero-order valence-corrected chi connectivity index (χ0v) is 12.2. The van der Waals surface area contributed by atoms with Crippen LogP contribution in [-0.4, -0.2) is 60.1 Å². The topological polar surface area (TPSA) is 43.8 Å². The fourth-order valence-corrected chi connectivity index (χ4v) is 3.46. The van der Waals surface area contributed by atoms with Crippen molar-refractivity contribution in [1.82, 2.24) is 9.80 Å². The summed E-state index contributed by atoms with van der Waals surface area (Å²) in [5.41, 5.74) is 0. The van der Waals surface area contributed by atoms with Crippen LogP contribution in [0.4, 0.5) is 0 Å². The summed E-state index contributed by atoms with van der Waals surface area (Å²) in [5, 5.41) is 9.28. The van der Waals surface area contributed by atoms with Crippen LogP contribution in [0, 0.1) is 5.92 Å². The van der Waals surface area contributed by atoms with Gasteiger partial charge < -0.3 is 10.0 Å². The Morgan fingerprint density at radius 3 is 2.63 bits per heavy atom. The molecule has 1 aliphatic heterocycles. The van der Waals surface area contributed by atoms with Crippen molar-refractivity contribution in [2.24, 2.45) is 5.92 Å². The Hall–Kier alpha value is -0.610. The van der Waals surface area contributed by atoms with E-state index in [-0.39, 0.29) is 18.6 Å². The monoisotopic (exact) mass is 268 g/mol. The van der Waals surface area contributed by atoms with Crippen LogP contribution in [-0.2, 0) is 4.79 Å². The number of rotatable bonds is 5. The summed E-state index contributed by atoms with van der Waals surface area (Å²) in [6.07, 6.45) is 8.69. The SMILES string of the molecule is CN(CC1CCCCC1)C(=O)CN1CCC[C@@H]1CO. The average molecular weight is 268 g/mol. The third-order valence-corrected chi connectivity index (χ3v) is 4.73. The second-order valence-electron chi connectivity index (χ2n) is 6.23. The number of carbonyl (C=O) groups excluding carboxylic acids is 1. The lowest BCUT2D eigenvalue weighted by atomic mass is 9.89. The van der Waals surface area contributed by atoms with Crippen molar-refractivity contribution in [2.75, 3.05) is 33.3 Å². The maximum Gasteiger partial charge on any atom is 0.236 e. The summed E-state index contributed by atoms with van der Waals surface area (Å²) in [7, 11) is 1.93.